The molecule has 1 heterocycles. The van der Waals surface area contributed by atoms with E-state index in [4.69, 9.17) is 11.6 Å². The number of likely N-dealkylation sites (tertiary alicyclic amines) is 1. The van der Waals surface area contributed by atoms with Crippen molar-refractivity contribution in [2.24, 2.45) is 5.92 Å². The van der Waals surface area contributed by atoms with Gasteiger partial charge in [-0.15, -0.1) is 0 Å². The van der Waals surface area contributed by atoms with Crippen LogP contribution in [0.25, 0.3) is 0 Å². The highest BCUT2D eigenvalue weighted by molar-refractivity contribution is 6.31. The zero-order valence-corrected chi connectivity index (χ0v) is 17.8. The molecule has 0 bridgehead atoms. The van der Waals surface area contributed by atoms with E-state index in [1.165, 1.54) is 0 Å². The number of benzene rings is 2. The number of halogens is 1. The summed E-state index contributed by atoms with van der Waals surface area (Å²) in [5.74, 6) is 0.629. The van der Waals surface area contributed by atoms with Crippen LogP contribution in [0.15, 0.2) is 42.5 Å². The van der Waals surface area contributed by atoms with Crippen LogP contribution in [0.2, 0.25) is 5.02 Å². The van der Waals surface area contributed by atoms with Gasteiger partial charge >= 0.3 is 6.03 Å². The van der Waals surface area contributed by atoms with Crippen molar-refractivity contribution in [1.29, 1.82) is 0 Å². The molecule has 0 atom stereocenters. The Balaban J connectivity index is 1.37. The molecule has 1 aliphatic rings. The van der Waals surface area contributed by atoms with Crippen molar-refractivity contribution < 1.29 is 9.59 Å². The molecule has 0 saturated carbocycles. The van der Waals surface area contributed by atoms with E-state index >= 15 is 0 Å². The fraction of sp³-hybridized carbons (Fsp3) is 0.391. The summed E-state index contributed by atoms with van der Waals surface area (Å²) in [4.78, 5) is 26.6. The van der Waals surface area contributed by atoms with Crippen LogP contribution in [0.1, 0.15) is 40.7 Å². The molecule has 2 aromatic rings. The molecule has 0 spiro atoms. The van der Waals surface area contributed by atoms with Gasteiger partial charge in [-0.2, -0.15) is 0 Å². The van der Waals surface area contributed by atoms with Crippen molar-refractivity contribution >= 4 is 29.2 Å². The summed E-state index contributed by atoms with van der Waals surface area (Å²) in [6.07, 6.45) is 2.84. The quantitative estimate of drug-likeness (QED) is 0.722. The standard InChI is InChI=1S/C23H28ClN3O2/c1-16-3-6-19(7-4-16)22(28)27-13-10-18(11-14-27)9-12-25-23(29)26-20-8-5-17(2)21(24)15-20/h3-8,15,18H,9-14H2,1-2H3,(H2,25,26,29). The minimum atomic E-state index is -0.225. The molecular formula is C23H28ClN3O2. The van der Waals surface area contributed by atoms with Gasteiger partial charge in [-0.05, 0) is 68.9 Å². The lowest BCUT2D eigenvalue weighted by Crippen LogP contribution is -2.39. The highest BCUT2D eigenvalue weighted by atomic mass is 35.5. The lowest BCUT2D eigenvalue weighted by molar-refractivity contribution is 0.0687. The molecule has 2 N–H and O–H groups in total. The fourth-order valence-corrected chi connectivity index (χ4v) is 3.72. The third kappa shape index (κ3) is 5.97. The Morgan fingerprint density at radius 2 is 1.76 bits per heavy atom. The Bertz CT molecular complexity index is 859. The van der Waals surface area contributed by atoms with E-state index in [2.05, 4.69) is 10.6 Å². The highest BCUT2D eigenvalue weighted by Gasteiger charge is 2.23. The van der Waals surface area contributed by atoms with E-state index in [1.54, 1.807) is 6.07 Å². The highest BCUT2D eigenvalue weighted by Crippen LogP contribution is 2.22. The van der Waals surface area contributed by atoms with Gasteiger partial charge in [-0.1, -0.05) is 35.4 Å². The number of rotatable bonds is 5. The predicted octanol–water partition coefficient (Wildman–Crippen LogP) is 5.02. The van der Waals surface area contributed by atoms with Gasteiger partial charge in [0.25, 0.3) is 5.91 Å². The van der Waals surface area contributed by atoms with Crippen LogP contribution in [0.3, 0.4) is 0 Å². The summed E-state index contributed by atoms with van der Waals surface area (Å²) in [6.45, 7) is 6.09. The molecule has 1 saturated heterocycles. The smallest absolute Gasteiger partial charge is 0.319 e. The molecule has 3 rings (SSSR count). The van der Waals surface area contributed by atoms with Gasteiger partial charge in [-0.3, -0.25) is 4.79 Å². The molecule has 6 heteroatoms. The lowest BCUT2D eigenvalue weighted by atomic mass is 9.93. The zero-order chi connectivity index (χ0) is 20.8. The largest absolute Gasteiger partial charge is 0.339 e. The van der Waals surface area contributed by atoms with Crippen LogP contribution >= 0.6 is 11.6 Å². The Labute approximate surface area is 177 Å². The maximum atomic E-state index is 12.6. The first-order chi connectivity index (χ1) is 13.9. The van der Waals surface area contributed by atoms with Gasteiger partial charge in [0, 0.05) is 35.9 Å². The van der Waals surface area contributed by atoms with Crippen LogP contribution in [0.4, 0.5) is 10.5 Å². The van der Waals surface area contributed by atoms with Crippen LogP contribution in [0.5, 0.6) is 0 Å². The normalized spacial score (nSPS) is 14.5. The van der Waals surface area contributed by atoms with Gasteiger partial charge < -0.3 is 15.5 Å². The van der Waals surface area contributed by atoms with Gasteiger partial charge in [0.05, 0.1) is 0 Å². The molecule has 2 aromatic carbocycles. The van der Waals surface area contributed by atoms with E-state index in [-0.39, 0.29) is 11.9 Å². The average Bonchev–Trinajstić information content (AvgIpc) is 2.71. The van der Waals surface area contributed by atoms with Crippen molar-refractivity contribution in [3.63, 3.8) is 0 Å². The number of nitrogens with one attached hydrogen (secondary N) is 2. The monoisotopic (exact) mass is 413 g/mol. The molecule has 0 unspecified atom stereocenters. The molecule has 0 radical (unpaired) electrons. The van der Waals surface area contributed by atoms with Crippen molar-refractivity contribution in [2.75, 3.05) is 25.0 Å². The number of carbonyl (C=O) groups is 2. The summed E-state index contributed by atoms with van der Waals surface area (Å²) in [5, 5.41) is 6.34. The molecule has 154 valence electrons. The van der Waals surface area contributed by atoms with Crippen LogP contribution < -0.4 is 10.6 Å². The first-order valence-electron chi connectivity index (χ1n) is 10.1. The maximum absolute atomic E-state index is 12.6. The van der Waals surface area contributed by atoms with Crippen molar-refractivity contribution in [3.05, 3.63) is 64.2 Å². The fourth-order valence-electron chi connectivity index (χ4n) is 3.54. The van der Waals surface area contributed by atoms with Gasteiger partial charge in [0.15, 0.2) is 0 Å². The number of piperidine rings is 1. The number of carbonyl (C=O) groups excluding carboxylic acids is 2. The molecule has 0 aromatic heterocycles. The SMILES string of the molecule is Cc1ccc(C(=O)N2CCC(CCNC(=O)Nc3ccc(C)c(Cl)c3)CC2)cc1. The second-order valence-corrected chi connectivity index (χ2v) is 8.14. The number of nitrogens with zero attached hydrogens (tertiary/aromatic N) is 1. The lowest BCUT2D eigenvalue weighted by Gasteiger charge is -2.32. The Morgan fingerprint density at radius 3 is 2.41 bits per heavy atom. The van der Waals surface area contributed by atoms with E-state index in [0.29, 0.717) is 23.2 Å². The Morgan fingerprint density at radius 1 is 1.07 bits per heavy atom. The first-order valence-corrected chi connectivity index (χ1v) is 10.5. The number of hydrogen-bond acceptors (Lipinski definition) is 2. The molecule has 1 aliphatic heterocycles. The van der Waals surface area contributed by atoms with Crippen LogP contribution in [-0.2, 0) is 0 Å². The van der Waals surface area contributed by atoms with Crippen molar-refractivity contribution in [1.82, 2.24) is 10.2 Å². The number of hydrogen-bond donors (Lipinski definition) is 2. The second kappa shape index (κ2) is 9.79. The Hall–Kier alpha value is -2.53. The minimum absolute atomic E-state index is 0.109. The molecule has 5 nitrogen and oxygen atoms in total. The third-order valence-corrected chi connectivity index (χ3v) is 5.88. The van der Waals surface area contributed by atoms with Crippen LogP contribution in [-0.4, -0.2) is 36.5 Å². The molecule has 3 amide bonds. The summed E-state index contributed by atoms with van der Waals surface area (Å²) in [6, 6.07) is 13.0. The van der Waals surface area contributed by atoms with E-state index in [0.717, 1.165) is 49.0 Å². The molecule has 29 heavy (non-hydrogen) atoms. The number of urea groups is 1. The van der Waals surface area contributed by atoms with E-state index < -0.39 is 0 Å². The average molecular weight is 414 g/mol. The summed E-state index contributed by atoms with van der Waals surface area (Å²) < 4.78 is 0. The van der Waals surface area contributed by atoms with Gasteiger partial charge in [0.1, 0.15) is 0 Å². The maximum Gasteiger partial charge on any atom is 0.319 e. The predicted molar refractivity (Wildman–Crippen MR) is 118 cm³/mol. The summed E-state index contributed by atoms with van der Waals surface area (Å²) >= 11 is 6.08. The summed E-state index contributed by atoms with van der Waals surface area (Å²) in [7, 11) is 0. The first kappa shape index (κ1) is 21.2. The third-order valence-electron chi connectivity index (χ3n) is 5.47. The molecule has 0 aliphatic carbocycles. The number of aryl methyl sites for hydroxylation is 2. The Kier molecular flexibility index (Phi) is 7.15. The van der Waals surface area contributed by atoms with Gasteiger partial charge in [-0.25, -0.2) is 4.79 Å². The zero-order valence-electron chi connectivity index (χ0n) is 17.0. The van der Waals surface area contributed by atoms with Gasteiger partial charge in [0.2, 0.25) is 0 Å². The number of anilines is 1. The van der Waals surface area contributed by atoms with E-state index in [9.17, 15) is 9.59 Å². The number of amides is 3. The topological polar surface area (TPSA) is 61.4 Å². The molecule has 1 fully saturated rings. The van der Waals surface area contributed by atoms with E-state index in [1.807, 2.05) is 55.1 Å². The minimum Gasteiger partial charge on any atom is -0.339 e. The molecular weight excluding hydrogens is 386 g/mol. The summed E-state index contributed by atoms with van der Waals surface area (Å²) in [5.41, 5.74) is 3.57. The van der Waals surface area contributed by atoms with Crippen molar-refractivity contribution in [3.8, 4) is 0 Å². The van der Waals surface area contributed by atoms with Crippen LogP contribution in [0, 0.1) is 19.8 Å². The second-order valence-electron chi connectivity index (χ2n) is 7.74. The van der Waals surface area contributed by atoms with Crippen molar-refractivity contribution in [2.45, 2.75) is 33.1 Å².